The molecular formula is C25H15Cl2F3N2O4. The molecule has 3 aromatic rings. The number of halogens is 5. The van der Waals surface area contributed by atoms with E-state index in [2.05, 4.69) is 0 Å². The first-order chi connectivity index (χ1) is 17.0. The monoisotopic (exact) mass is 534 g/mol. The smallest absolute Gasteiger partial charge is 0.416 e. The average Bonchev–Trinajstić information content (AvgIpc) is 2.82. The van der Waals surface area contributed by atoms with E-state index in [9.17, 15) is 27.6 Å². The number of anilines is 1. The van der Waals surface area contributed by atoms with Crippen molar-refractivity contribution in [3.63, 3.8) is 0 Å². The molecule has 1 fully saturated rings. The summed E-state index contributed by atoms with van der Waals surface area (Å²) in [7, 11) is 0. The zero-order chi connectivity index (χ0) is 26.0. The third-order valence-electron chi connectivity index (χ3n) is 5.14. The van der Waals surface area contributed by atoms with Crippen LogP contribution in [-0.2, 0) is 22.4 Å². The van der Waals surface area contributed by atoms with Crippen LogP contribution in [-0.4, -0.2) is 17.8 Å². The van der Waals surface area contributed by atoms with Gasteiger partial charge < -0.3 is 4.74 Å². The van der Waals surface area contributed by atoms with Gasteiger partial charge in [0.05, 0.1) is 16.3 Å². The van der Waals surface area contributed by atoms with E-state index in [4.69, 9.17) is 27.9 Å². The van der Waals surface area contributed by atoms with Crippen LogP contribution in [0, 0.1) is 0 Å². The quantitative estimate of drug-likeness (QED) is 0.309. The minimum Gasteiger partial charge on any atom is -0.489 e. The van der Waals surface area contributed by atoms with Crippen molar-refractivity contribution in [3.05, 3.63) is 99.0 Å². The molecule has 4 amide bonds. The number of barbiturate groups is 1. The van der Waals surface area contributed by atoms with E-state index in [0.29, 0.717) is 33.4 Å². The van der Waals surface area contributed by atoms with Gasteiger partial charge in [0, 0.05) is 10.6 Å². The Labute approximate surface area is 212 Å². The molecule has 0 bridgehead atoms. The Morgan fingerprint density at radius 3 is 2.39 bits per heavy atom. The van der Waals surface area contributed by atoms with Gasteiger partial charge in [-0.15, -0.1) is 0 Å². The van der Waals surface area contributed by atoms with Gasteiger partial charge >= 0.3 is 12.2 Å². The maximum absolute atomic E-state index is 13.2. The maximum Gasteiger partial charge on any atom is 0.416 e. The number of carbonyl (C=O) groups excluding carboxylic acids is 3. The van der Waals surface area contributed by atoms with Gasteiger partial charge in [0.2, 0.25) is 0 Å². The number of amides is 4. The van der Waals surface area contributed by atoms with Crippen LogP contribution >= 0.6 is 23.2 Å². The number of alkyl halides is 3. The summed E-state index contributed by atoms with van der Waals surface area (Å²) in [5, 5.41) is 2.20. The summed E-state index contributed by atoms with van der Waals surface area (Å²) in [6.45, 7) is 0.162. The number of hydrogen-bond donors (Lipinski definition) is 1. The summed E-state index contributed by atoms with van der Waals surface area (Å²) in [6.07, 6.45) is -3.55. The van der Waals surface area contributed by atoms with Gasteiger partial charge in [-0.1, -0.05) is 53.5 Å². The largest absolute Gasteiger partial charge is 0.489 e. The van der Waals surface area contributed by atoms with E-state index < -0.39 is 40.8 Å². The van der Waals surface area contributed by atoms with Crippen molar-refractivity contribution in [1.82, 2.24) is 5.32 Å². The lowest BCUT2D eigenvalue weighted by atomic mass is 10.1. The van der Waals surface area contributed by atoms with E-state index in [1.54, 1.807) is 42.5 Å². The first-order valence-electron chi connectivity index (χ1n) is 10.3. The number of urea groups is 1. The summed E-state index contributed by atoms with van der Waals surface area (Å²) >= 11 is 12.1. The van der Waals surface area contributed by atoms with Crippen molar-refractivity contribution >= 4 is 52.8 Å². The number of hydrogen-bond acceptors (Lipinski definition) is 4. The van der Waals surface area contributed by atoms with Crippen LogP contribution in [0.5, 0.6) is 5.75 Å². The molecule has 1 saturated heterocycles. The molecule has 1 aliphatic heterocycles. The fourth-order valence-corrected chi connectivity index (χ4v) is 3.77. The predicted octanol–water partition coefficient (Wildman–Crippen LogP) is 6.26. The van der Waals surface area contributed by atoms with Gasteiger partial charge in [-0.25, -0.2) is 9.69 Å². The second-order valence-electron chi connectivity index (χ2n) is 7.57. The summed E-state index contributed by atoms with van der Waals surface area (Å²) in [6, 6.07) is 14.5. The maximum atomic E-state index is 13.2. The highest BCUT2D eigenvalue weighted by molar-refractivity contribution is 6.42. The van der Waals surface area contributed by atoms with Crippen LogP contribution in [0.3, 0.4) is 0 Å². The first-order valence-corrected chi connectivity index (χ1v) is 11.0. The normalized spacial score (nSPS) is 15.3. The molecule has 0 spiro atoms. The number of ether oxygens (including phenoxy) is 1. The van der Waals surface area contributed by atoms with Crippen molar-refractivity contribution in [2.45, 2.75) is 12.8 Å². The minimum atomic E-state index is -4.74. The Kier molecular flexibility index (Phi) is 7.05. The number of benzene rings is 3. The SMILES string of the molecule is O=C1NC(=O)N(c2cc(C(F)(F)F)ccc2Cl)C(=O)/C1=C/c1cccc(OCc2ccccc2Cl)c1. The zero-order valence-corrected chi connectivity index (χ0v) is 19.6. The highest BCUT2D eigenvalue weighted by Gasteiger charge is 2.39. The van der Waals surface area contributed by atoms with Gasteiger partial charge in [-0.05, 0) is 48.0 Å². The molecule has 4 rings (SSSR count). The van der Waals surface area contributed by atoms with Crippen LogP contribution in [0.15, 0.2) is 72.3 Å². The van der Waals surface area contributed by atoms with E-state index in [-0.39, 0.29) is 11.6 Å². The standard InChI is InChI=1S/C25H15Cl2F3N2O4/c26-19-7-2-1-5-15(19)13-36-17-6-3-4-14(10-17)11-18-22(33)31-24(35)32(23(18)34)21-12-16(25(28,29)30)8-9-20(21)27/h1-12H,13H2,(H,31,33,35)/b18-11+. The van der Waals surface area contributed by atoms with E-state index in [1.165, 1.54) is 6.08 Å². The van der Waals surface area contributed by atoms with Crippen molar-refractivity contribution in [1.29, 1.82) is 0 Å². The predicted molar refractivity (Wildman–Crippen MR) is 128 cm³/mol. The van der Waals surface area contributed by atoms with Crippen LogP contribution in [0.1, 0.15) is 16.7 Å². The molecule has 1 N–H and O–H groups in total. The molecule has 0 aliphatic carbocycles. The van der Waals surface area contributed by atoms with Gasteiger partial charge in [0.25, 0.3) is 11.8 Å². The molecule has 0 radical (unpaired) electrons. The van der Waals surface area contributed by atoms with E-state index >= 15 is 0 Å². The second-order valence-corrected chi connectivity index (χ2v) is 8.39. The molecule has 1 heterocycles. The summed E-state index contributed by atoms with van der Waals surface area (Å²) in [5.74, 6) is -1.74. The highest BCUT2D eigenvalue weighted by Crippen LogP contribution is 2.36. The molecular weight excluding hydrogens is 520 g/mol. The van der Waals surface area contributed by atoms with E-state index in [0.717, 1.165) is 11.6 Å². The third-order valence-corrected chi connectivity index (χ3v) is 5.83. The van der Waals surface area contributed by atoms with Crippen LogP contribution in [0.4, 0.5) is 23.7 Å². The van der Waals surface area contributed by atoms with Gasteiger partial charge in [-0.2, -0.15) is 13.2 Å². The molecule has 36 heavy (non-hydrogen) atoms. The summed E-state index contributed by atoms with van der Waals surface area (Å²) < 4.78 is 45.3. The third kappa shape index (κ3) is 5.37. The number of nitrogens with one attached hydrogen (secondary N) is 1. The molecule has 1 aliphatic rings. The molecule has 0 aromatic heterocycles. The molecule has 6 nitrogen and oxygen atoms in total. The van der Waals surface area contributed by atoms with Crippen molar-refractivity contribution < 1.29 is 32.3 Å². The Bertz CT molecular complexity index is 1410. The highest BCUT2D eigenvalue weighted by atomic mass is 35.5. The lowest BCUT2D eigenvalue weighted by Crippen LogP contribution is -2.54. The van der Waals surface area contributed by atoms with Crippen molar-refractivity contribution in [3.8, 4) is 5.75 Å². The lowest BCUT2D eigenvalue weighted by Gasteiger charge is -2.27. The lowest BCUT2D eigenvalue weighted by molar-refractivity contribution is -0.137. The fraction of sp³-hybridized carbons (Fsp3) is 0.0800. The van der Waals surface area contributed by atoms with Crippen LogP contribution in [0.25, 0.3) is 6.08 Å². The number of nitrogens with zero attached hydrogens (tertiary/aromatic N) is 1. The van der Waals surface area contributed by atoms with Crippen LogP contribution in [0.2, 0.25) is 10.0 Å². The topological polar surface area (TPSA) is 75.7 Å². The molecule has 11 heteroatoms. The van der Waals surface area contributed by atoms with Gasteiger partial charge in [0.1, 0.15) is 17.9 Å². The fourth-order valence-electron chi connectivity index (χ4n) is 3.37. The number of rotatable bonds is 5. The zero-order valence-electron chi connectivity index (χ0n) is 18.1. The molecule has 0 unspecified atom stereocenters. The van der Waals surface area contributed by atoms with E-state index in [1.807, 2.05) is 11.4 Å². The number of carbonyl (C=O) groups is 3. The second kappa shape index (κ2) is 10.0. The number of imide groups is 2. The van der Waals surface area contributed by atoms with Gasteiger partial charge in [-0.3, -0.25) is 14.9 Å². The van der Waals surface area contributed by atoms with Crippen LogP contribution < -0.4 is 15.0 Å². The Morgan fingerprint density at radius 2 is 1.67 bits per heavy atom. The summed E-state index contributed by atoms with van der Waals surface area (Å²) in [5.41, 5.74) is -0.990. The Hall–Kier alpha value is -3.82. The van der Waals surface area contributed by atoms with Gasteiger partial charge in [0.15, 0.2) is 0 Å². The Balaban J connectivity index is 1.63. The molecule has 0 atom stereocenters. The van der Waals surface area contributed by atoms with Crippen molar-refractivity contribution in [2.24, 2.45) is 0 Å². The molecule has 0 saturated carbocycles. The summed E-state index contributed by atoms with van der Waals surface area (Å²) in [4.78, 5) is 38.3. The molecule has 184 valence electrons. The van der Waals surface area contributed by atoms with Crippen molar-refractivity contribution in [2.75, 3.05) is 4.90 Å². The first kappa shape index (κ1) is 25.3. The molecule has 3 aromatic carbocycles. The minimum absolute atomic E-state index is 0.162. The average molecular weight is 535 g/mol. The Morgan fingerprint density at radius 1 is 0.917 bits per heavy atom.